The number of aromatic nitrogens is 2. The maximum atomic E-state index is 12.0. The van der Waals surface area contributed by atoms with Gasteiger partial charge < -0.3 is 15.6 Å². The average molecular weight is 364 g/mol. The lowest BCUT2D eigenvalue weighted by atomic mass is 10.0. The monoisotopic (exact) mass is 363 g/mol. The molecule has 0 radical (unpaired) electrons. The summed E-state index contributed by atoms with van der Waals surface area (Å²) >= 11 is 5.25. The van der Waals surface area contributed by atoms with Crippen LogP contribution in [0.4, 0.5) is 5.82 Å². The van der Waals surface area contributed by atoms with Crippen LogP contribution in [0.2, 0.25) is 0 Å². The van der Waals surface area contributed by atoms with Crippen LogP contribution in [-0.2, 0) is 4.74 Å². The summed E-state index contributed by atoms with van der Waals surface area (Å²) in [5.74, 6) is 0.313. The molecule has 0 unspecified atom stereocenters. The summed E-state index contributed by atoms with van der Waals surface area (Å²) in [7, 11) is 0. The molecular weight excluding hydrogens is 342 g/mol. The topological polar surface area (TPSA) is 90.4 Å². The summed E-state index contributed by atoms with van der Waals surface area (Å²) < 4.78 is 7.26. The Bertz CT molecular complexity index is 557. The Morgan fingerprint density at radius 3 is 2.59 bits per heavy atom. The molecule has 1 aliphatic heterocycles. The zero-order valence-electron chi connectivity index (χ0n) is 12.8. The van der Waals surface area contributed by atoms with E-state index < -0.39 is 11.9 Å². The van der Waals surface area contributed by atoms with E-state index >= 15 is 0 Å². The van der Waals surface area contributed by atoms with E-state index in [1.165, 1.54) is 4.57 Å². The lowest BCUT2D eigenvalue weighted by Crippen LogP contribution is -2.35. The Hall–Kier alpha value is -0.350. The van der Waals surface area contributed by atoms with Crippen molar-refractivity contribution in [3.05, 3.63) is 22.7 Å². The first kappa shape index (κ1) is 18.0. The van der Waals surface area contributed by atoms with Crippen LogP contribution in [0, 0.1) is 5.92 Å². The maximum Gasteiger partial charge on any atom is 0.351 e. The molecule has 1 aromatic rings. The van der Waals surface area contributed by atoms with Crippen molar-refractivity contribution in [1.29, 1.82) is 0 Å². The number of nitrogens with two attached hydrogens (primary N) is 1. The first-order chi connectivity index (χ1) is 10.5. The van der Waals surface area contributed by atoms with E-state index in [2.05, 4.69) is 23.8 Å². The number of hydrogen-bond acceptors (Lipinski definition) is 8. The van der Waals surface area contributed by atoms with Crippen LogP contribution in [0.1, 0.15) is 12.6 Å². The quantitative estimate of drug-likeness (QED) is 0.734. The molecule has 3 atom stereocenters. The summed E-state index contributed by atoms with van der Waals surface area (Å²) in [6, 6.07) is 1.58. The minimum absolute atomic E-state index is 0.0677. The van der Waals surface area contributed by atoms with Gasteiger partial charge in [0.15, 0.2) is 0 Å². The molecule has 0 aliphatic carbocycles. The fraction of sp³-hybridized carbons (Fsp3) is 0.692. The van der Waals surface area contributed by atoms with Gasteiger partial charge in [0, 0.05) is 18.5 Å². The molecule has 0 amide bonds. The van der Waals surface area contributed by atoms with E-state index in [4.69, 9.17) is 10.5 Å². The molecule has 0 aromatic carbocycles. The van der Waals surface area contributed by atoms with Gasteiger partial charge in [-0.1, -0.05) is 0 Å². The van der Waals surface area contributed by atoms with E-state index in [0.717, 1.165) is 0 Å². The Labute approximate surface area is 142 Å². The van der Waals surface area contributed by atoms with Gasteiger partial charge >= 0.3 is 5.69 Å². The summed E-state index contributed by atoms with van der Waals surface area (Å²) in [4.78, 5) is 15.7. The van der Waals surface area contributed by atoms with Gasteiger partial charge in [0.25, 0.3) is 0 Å². The van der Waals surface area contributed by atoms with Crippen molar-refractivity contribution in [3.8, 4) is 0 Å². The second-order valence-corrected chi connectivity index (χ2v) is 8.84. The van der Waals surface area contributed by atoms with E-state index in [9.17, 15) is 9.90 Å². The summed E-state index contributed by atoms with van der Waals surface area (Å²) in [6.07, 6.45) is 7.71. The predicted molar refractivity (Wildman–Crippen MR) is 95.3 cm³/mol. The third-order valence-corrected chi connectivity index (χ3v) is 9.50. The second-order valence-electron chi connectivity index (χ2n) is 4.91. The largest absolute Gasteiger partial charge is 0.394 e. The van der Waals surface area contributed by atoms with Gasteiger partial charge in [0.1, 0.15) is 15.5 Å². The third-order valence-electron chi connectivity index (χ3n) is 3.89. The number of hydrogen-bond donors (Lipinski definition) is 2. The summed E-state index contributed by atoms with van der Waals surface area (Å²) in [5, 5.41) is 9.69. The van der Waals surface area contributed by atoms with Crippen molar-refractivity contribution in [3.63, 3.8) is 0 Å². The second kappa shape index (κ2) is 7.48. The molecule has 1 aliphatic rings. The molecule has 9 heteroatoms. The minimum atomic E-state index is -0.426. The molecule has 22 heavy (non-hydrogen) atoms. The van der Waals surface area contributed by atoms with Crippen LogP contribution < -0.4 is 11.4 Å². The number of anilines is 1. The number of aliphatic hydroxyl groups excluding tert-OH is 1. The number of thioether (sulfide) groups is 3. The number of nitrogen functional groups attached to an aromatic ring is 1. The molecule has 2 rings (SSSR count). The zero-order chi connectivity index (χ0) is 16.3. The Morgan fingerprint density at radius 1 is 1.45 bits per heavy atom. The summed E-state index contributed by atoms with van der Waals surface area (Å²) in [5.41, 5.74) is 5.10. The molecule has 0 bridgehead atoms. The summed E-state index contributed by atoms with van der Waals surface area (Å²) in [6.45, 7) is -0.0677. The number of ether oxygens (including phenoxy) is 1. The van der Waals surface area contributed by atoms with Gasteiger partial charge in [-0.05, 0) is 24.8 Å². The SMILES string of the molecule is CSC(SC)(SC)[C@@H]1C[C@@H](n2ccc(N)nc2=O)O[C@H]1CO. The highest BCUT2D eigenvalue weighted by Gasteiger charge is 2.48. The van der Waals surface area contributed by atoms with Gasteiger partial charge in [-0.2, -0.15) is 4.98 Å². The molecule has 1 fully saturated rings. The molecule has 6 nitrogen and oxygen atoms in total. The first-order valence-electron chi connectivity index (χ1n) is 6.77. The minimum Gasteiger partial charge on any atom is -0.394 e. The molecule has 1 saturated heterocycles. The van der Waals surface area contributed by atoms with Gasteiger partial charge in [0.2, 0.25) is 0 Å². The van der Waals surface area contributed by atoms with Crippen LogP contribution >= 0.6 is 35.3 Å². The zero-order valence-corrected chi connectivity index (χ0v) is 15.2. The lowest BCUT2D eigenvalue weighted by molar-refractivity contribution is -0.0318. The van der Waals surface area contributed by atoms with Crippen LogP contribution in [-0.4, -0.2) is 49.5 Å². The van der Waals surface area contributed by atoms with E-state index in [0.29, 0.717) is 6.42 Å². The molecule has 2 heterocycles. The predicted octanol–water partition coefficient (Wildman–Crippen LogP) is 1.46. The van der Waals surface area contributed by atoms with Gasteiger partial charge in [-0.15, -0.1) is 35.3 Å². The smallest absolute Gasteiger partial charge is 0.351 e. The molecule has 1 aromatic heterocycles. The Morgan fingerprint density at radius 2 is 2.09 bits per heavy atom. The number of rotatable bonds is 6. The van der Waals surface area contributed by atoms with Crippen molar-refractivity contribution in [2.45, 2.75) is 22.2 Å². The van der Waals surface area contributed by atoms with Crippen molar-refractivity contribution in [2.75, 3.05) is 31.1 Å². The van der Waals surface area contributed by atoms with Crippen LogP contribution in [0.15, 0.2) is 17.1 Å². The van der Waals surface area contributed by atoms with E-state index in [1.54, 1.807) is 47.5 Å². The van der Waals surface area contributed by atoms with E-state index in [1.807, 2.05) is 0 Å². The normalized spacial score (nSPS) is 25.5. The molecule has 3 N–H and O–H groups in total. The highest BCUT2D eigenvalue weighted by atomic mass is 32.3. The van der Waals surface area contributed by atoms with Crippen molar-refractivity contribution >= 4 is 41.1 Å². The molecule has 0 spiro atoms. The van der Waals surface area contributed by atoms with Gasteiger partial charge in [0.05, 0.1) is 12.7 Å². The van der Waals surface area contributed by atoms with Crippen LogP contribution in [0.25, 0.3) is 0 Å². The Kier molecular flexibility index (Phi) is 6.12. The van der Waals surface area contributed by atoms with E-state index in [-0.39, 0.29) is 27.9 Å². The highest BCUT2D eigenvalue weighted by Crippen LogP contribution is 2.55. The van der Waals surface area contributed by atoms with Gasteiger partial charge in [-0.3, -0.25) is 4.57 Å². The number of nitrogens with zero attached hydrogens (tertiary/aromatic N) is 2. The van der Waals surface area contributed by atoms with Crippen molar-refractivity contribution in [1.82, 2.24) is 9.55 Å². The fourth-order valence-corrected chi connectivity index (χ4v) is 6.44. The molecule has 0 saturated carbocycles. The molecular formula is C13H21N3O3S3. The van der Waals surface area contributed by atoms with Crippen LogP contribution in [0.3, 0.4) is 0 Å². The number of aliphatic hydroxyl groups is 1. The van der Waals surface area contributed by atoms with Crippen molar-refractivity contribution < 1.29 is 9.84 Å². The fourth-order valence-electron chi connectivity index (χ4n) is 2.79. The standard InChI is InChI=1S/C13H21N3O3S3/c1-20-13(21-2,22-3)8-6-11(19-9(8)7-17)16-5-4-10(14)15-12(16)18/h4-5,8-9,11,17H,6-7H2,1-3H3,(H2,14,15,18)/t8-,9+,11+/m1/s1. The third kappa shape index (κ3) is 3.28. The van der Waals surface area contributed by atoms with Crippen molar-refractivity contribution in [2.24, 2.45) is 5.92 Å². The van der Waals surface area contributed by atoms with Gasteiger partial charge in [-0.25, -0.2) is 4.79 Å². The lowest BCUT2D eigenvalue weighted by Gasteiger charge is -2.36. The molecule has 124 valence electrons. The first-order valence-corrected chi connectivity index (χ1v) is 10.4. The maximum absolute atomic E-state index is 12.0. The average Bonchev–Trinajstić information content (AvgIpc) is 2.94. The van der Waals surface area contributed by atoms with Crippen LogP contribution in [0.5, 0.6) is 0 Å². The Balaban J connectivity index is 2.31. The highest BCUT2D eigenvalue weighted by molar-refractivity contribution is 8.33.